The lowest BCUT2D eigenvalue weighted by molar-refractivity contribution is -0.115. The van der Waals surface area contributed by atoms with Crippen LogP contribution in [-0.2, 0) is 11.2 Å². The van der Waals surface area contributed by atoms with Gasteiger partial charge in [0, 0.05) is 18.5 Å². The van der Waals surface area contributed by atoms with Crippen LogP contribution in [0.25, 0.3) is 9.88 Å². The molecule has 0 atom stereocenters. The molecule has 3 heterocycles. The van der Waals surface area contributed by atoms with E-state index in [0.717, 1.165) is 40.0 Å². The van der Waals surface area contributed by atoms with Crippen molar-refractivity contribution in [2.75, 3.05) is 23.3 Å². The maximum Gasteiger partial charge on any atom is 0.230 e. The van der Waals surface area contributed by atoms with Crippen molar-refractivity contribution in [1.82, 2.24) is 4.98 Å². The molecule has 0 saturated carbocycles. The SMILES string of the molecule is O=C(Cc1csc(-c2cccs2)n1)Nc1ccccc1N1CCCCC1. The van der Waals surface area contributed by atoms with Crippen molar-refractivity contribution in [3.05, 3.63) is 52.9 Å². The molecule has 4 nitrogen and oxygen atoms in total. The van der Waals surface area contributed by atoms with Gasteiger partial charge in [-0.15, -0.1) is 22.7 Å². The first-order valence-corrected chi connectivity index (χ1v) is 10.7. The fraction of sp³-hybridized carbons (Fsp3) is 0.300. The van der Waals surface area contributed by atoms with Gasteiger partial charge < -0.3 is 10.2 Å². The zero-order valence-electron chi connectivity index (χ0n) is 14.5. The fourth-order valence-electron chi connectivity index (χ4n) is 3.25. The van der Waals surface area contributed by atoms with Crippen LogP contribution in [0.1, 0.15) is 25.0 Å². The third kappa shape index (κ3) is 3.97. The van der Waals surface area contributed by atoms with E-state index in [0.29, 0.717) is 6.42 Å². The third-order valence-electron chi connectivity index (χ3n) is 4.50. The first-order valence-electron chi connectivity index (χ1n) is 8.92. The average molecular weight is 384 g/mol. The highest BCUT2D eigenvalue weighted by molar-refractivity contribution is 7.20. The number of benzene rings is 1. The number of nitrogens with one attached hydrogen (secondary N) is 1. The molecule has 0 unspecified atom stereocenters. The van der Waals surface area contributed by atoms with E-state index < -0.39 is 0 Å². The van der Waals surface area contributed by atoms with E-state index in [1.165, 1.54) is 19.3 Å². The number of hydrogen-bond acceptors (Lipinski definition) is 5. The number of anilines is 2. The van der Waals surface area contributed by atoms with Gasteiger partial charge in [0.2, 0.25) is 5.91 Å². The van der Waals surface area contributed by atoms with Crippen LogP contribution in [0, 0.1) is 0 Å². The number of carbonyl (C=O) groups excluding carboxylic acids is 1. The van der Waals surface area contributed by atoms with E-state index in [9.17, 15) is 4.79 Å². The van der Waals surface area contributed by atoms with Crippen LogP contribution >= 0.6 is 22.7 Å². The number of thiazole rings is 1. The van der Waals surface area contributed by atoms with Crippen molar-refractivity contribution in [1.29, 1.82) is 0 Å². The molecule has 6 heteroatoms. The lowest BCUT2D eigenvalue weighted by Gasteiger charge is -2.30. The highest BCUT2D eigenvalue weighted by Crippen LogP contribution is 2.30. The van der Waals surface area contributed by atoms with Gasteiger partial charge >= 0.3 is 0 Å². The summed E-state index contributed by atoms with van der Waals surface area (Å²) in [6.45, 7) is 2.12. The standard InChI is InChI=1S/C20H21N3OS2/c24-19(13-15-14-26-20(21-15)18-9-6-12-25-18)22-16-7-2-3-8-17(16)23-10-4-1-5-11-23/h2-3,6-9,12,14H,1,4-5,10-11,13H2,(H,22,24). The van der Waals surface area contributed by atoms with E-state index in [-0.39, 0.29) is 5.91 Å². The molecule has 1 aliphatic rings. The van der Waals surface area contributed by atoms with Gasteiger partial charge in [0.15, 0.2) is 0 Å². The van der Waals surface area contributed by atoms with E-state index in [4.69, 9.17) is 0 Å². The predicted molar refractivity (Wildman–Crippen MR) is 110 cm³/mol. The minimum Gasteiger partial charge on any atom is -0.370 e. The average Bonchev–Trinajstić information content (AvgIpc) is 3.34. The Morgan fingerprint density at radius 1 is 1.08 bits per heavy atom. The van der Waals surface area contributed by atoms with Crippen LogP contribution in [-0.4, -0.2) is 24.0 Å². The lowest BCUT2D eigenvalue weighted by atomic mass is 10.1. The summed E-state index contributed by atoms with van der Waals surface area (Å²) in [5.74, 6) is -0.0162. The topological polar surface area (TPSA) is 45.2 Å². The molecule has 1 N–H and O–H groups in total. The van der Waals surface area contributed by atoms with E-state index in [1.54, 1.807) is 22.7 Å². The van der Waals surface area contributed by atoms with Crippen molar-refractivity contribution in [2.45, 2.75) is 25.7 Å². The van der Waals surface area contributed by atoms with E-state index >= 15 is 0 Å². The Labute approximate surface area is 161 Å². The molecule has 4 rings (SSSR count). The summed E-state index contributed by atoms with van der Waals surface area (Å²) < 4.78 is 0. The molecule has 1 aliphatic heterocycles. The summed E-state index contributed by atoms with van der Waals surface area (Å²) in [4.78, 5) is 20.7. The Hall–Kier alpha value is -2.18. The van der Waals surface area contributed by atoms with Crippen LogP contribution in [0.3, 0.4) is 0 Å². The Morgan fingerprint density at radius 3 is 2.73 bits per heavy atom. The number of para-hydroxylation sites is 2. The van der Waals surface area contributed by atoms with Crippen LogP contribution in [0.15, 0.2) is 47.2 Å². The predicted octanol–water partition coefficient (Wildman–Crippen LogP) is 5.04. The Morgan fingerprint density at radius 2 is 1.92 bits per heavy atom. The van der Waals surface area contributed by atoms with Gasteiger partial charge in [-0.1, -0.05) is 18.2 Å². The van der Waals surface area contributed by atoms with Gasteiger partial charge in [0.1, 0.15) is 5.01 Å². The molecule has 1 amide bonds. The van der Waals surface area contributed by atoms with Crippen LogP contribution in [0.5, 0.6) is 0 Å². The lowest BCUT2D eigenvalue weighted by Crippen LogP contribution is -2.30. The summed E-state index contributed by atoms with van der Waals surface area (Å²) in [7, 11) is 0. The number of nitrogens with zero attached hydrogens (tertiary/aromatic N) is 2. The first-order chi connectivity index (χ1) is 12.8. The molecular weight excluding hydrogens is 362 g/mol. The maximum absolute atomic E-state index is 12.6. The Kier molecular flexibility index (Phi) is 5.32. The monoisotopic (exact) mass is 383 g/mol. The summed E-state index contributed by atoms with van der Waals surface area (Å²) in [6, 6.07) is 12.2. The van der Waals surface area contributed by atoms with Crippen molar-refractivity contribution in [3.63, 3.8) is 0 Å². The second-order valence-corrected chi connectivity index (χ2v) is 8.22. The summed E-state index contributed by atoms with van der Waals surface area (Å²) in [5.41, 5.74) is 2.84. The van der Waals surface area contributed by atoms with Gasteiger partial charge in [0.25, 0.3) is 0 Å². The molecule has 26 heavy (non-hydrogen) atoms. The fourth-order valence-corrected chi connectivity index (χ4v) is 4.88. The molecule has 134 valence electrons. The van der Waals surface area contributed by atoms with Crippen LogP contribution < -0.4 is 10.2 Å². The van der Waals surface area contributed by atoms with Gasteiger partial charge in [-0.2, -0.15) is 0 Å². The second kappa shape index (κ2) is 8.01. The molecule has 0 aliphatic carbocycles. The smallest absolute Gasteiger partial charge is 0.230 e. The normalized spacial score (nSPS) is 14.4. The molecule has 1 saturated heterocycles. The number of aromatic nitrogens is 1. The highest BCUT2D eigenvalue weighted by Gasteiger charge is 2.16. The Balaban J connectivity index is 1.44. The molecular formula is C20H21N3OS2. The van der Waals surface area contributed by atoms with Crippen molar-refractivity contribution >= 4 is 40.0 Å². The number of piperidine rings is 1. The first kappa shape index (κ1) is 17.2. The second-order valence-electron chi connectivity index (χ2n) is 6.41. The Bertz CT molecular complexity index is 867. The third-order valence-corrected chi connectivity index (χ3v) is 6.43. The quantitative estimate of drug-likeness (QED) is 0.671. The van der Waals surface area contributed by atoms with Crippen molar-refractivity contribution in [3.8, 4) is 9.88 Å². The number of thiophene rings is 1. The molecule has 1 fully saturated rings. The molecule has 0 radical (unpaired) electrons. The van der Waals surface area contributed by atoms with Gasteiger partial charge in [0.05, 0.1) is 28.4 Å². The van der Waals surface area contributed by atoms with Crippen molar-refractivity contribution in [2.24, 2.45) is 0 Å². The minimum absolute atomic E-state index is 0.0162. The number of rotatable bonds is 5. The van der Waals surface area contributed by atoms with E-state index in [2.05, 4.69) is 27.3 Å². The summed E-state index contributed by atoms with van der Waals surface area (Å²) in [6.07, 6.45) is 4.02. The largest absolute Gasteiger partial charge is 0.370 e. The number of amides is 1. The number of hydrogen-bond donors (Lipinski definition) is 1. The van der Waals surface area contributed by atoms with Crippen molar-refractivity contribution < 1.29 is 4.79 Å². The van der Waals surface area contributed by atoms with Gasteiger partial charge in [-0.25, -0.2) is 4.98 Å². The highest BCUT2D eigenvalue weighted by atomic mass is 32.1. The molecule has 1 aromatic carbocycles. The molecule has 3 aromatic rings. The van der Waals surface area contributed by atoms with Crippen LogP contribution in [0.2, 0.25) is 0 Å². The van der Waals surface area contributed by atoms with Crippen LogP contribution in [0.4, 0.5) is 11.4 Å². The van der Waals surface area contributed by atoms with Gasteiger partial charge in [-0.3, -0.25) is 4.79 Å². The summed E-state index contributed by atoms with van der Waals surface area (Å²) >= 11 is 3.26. The maximum atomic E-state index is 12.6. The molecule has 0 spiro atoms. The summed E-state index contributed by atoms with van der Waals surface area (Å²) in [5, 5.41) is 8.09. The van der Waals surface area contributed by atoms with Gasteiger partial charge in [-0.05, 0) is 42.8 Å². The molecule has 0 bridgehead atoms. The molecule has 2 aromatic heterocycles. The zero-order valence-corrected chi connectivity index (χ0v) is 16.1. The van der Waals surface area contributed by atoms with E-state index in [1.807, 2.05) is 35.0 Å². The minimum atomic E-state index is -0.0162. The number of carbonyl (C=O) groups is 1. The zero-order chi connectivity index (χ0) is 17.8.